The lowest BCUT2D eigenvalue weighted by Gasteiger charge is -2.31. The molecule has 1 aliphatic heterocycles. The summed E-state index contributed by atoms with van der Waals surface area (Å²) in [6, 6.07) is 7.89. The van der Waals surface area contributed by atoms with Crippen molar-refractivity contribution in [1.82, 2.24) is 10.2 Å². The molecule has 2 aromatic rings. The summed E-state index contributed by atoms with van der Waals surface area (Å²) in [5.41, 5.74) is 3.78. The minimum Gasteiger partial charge on any atom is -0.468 e. The number of likely N-dealkylation sites (tertiary alicyclic amines) is 1. The number of amides is 2. The fourth-order valence-corrected chi connectivity index (χ4v) is 3.84. The Hall–Kier alpha value is -2.60. The zero-order chi connectivity index (χ0) is 20.1. The topological polar surface area (TPSA) is 74.6 Å². The van der Waals surface area contributed by atoms with E-state index >= 15 is 0 Å². The molecule has 1 aromatic carbocycles. The summed E-state index contributed by atoms with van der Waals surface area (Å²) in [6.45, 7) is 9.17. The Bertz CT molecular complexity index is 799. The number of carbonyl (C=O) groups excluding carboxylic acids is 2. The molecule has 28 heavy (non-hydrogen) atoms. The fraction of sp³-hybridized carbons (Fsp3) is 0.455. The molecule has 2 N–H and O–H groups in total. The molecule has 1 aliphatic rings. The van der Waals surface area contributed by atoms with Gasteiger partial charge in [-0.15, -0.1) is 0 Å². The first-order chi connectivity index (χ1) is 13.4. The highest BCUT2D eigenvalue weighted by molar-refractivity contribution is 6.39. The molecule has 6 heteroatoms. The molecule has 0 bridgehead atoms. The largest absolute Gasteiger partial charge is 0.468 e. The molecule has 6 nitrogen and oxygen atoms in total. The van der Waals surface area contributed by atoms with Crippen LogP contribution in [0, 0.1) is 26.7 Å². The maximum Gasteiger partial charge on any atom is 0.313 e. The van der Waals surface area contributed by atoms with Gasteiger partial charge in [0.25, 0.3) is 0 Å². The molecule has 3 rings (SSSR count). The zero-order valence-corrected chi connectivity index (χ0v) is 16.9. The Morgan fingerprint density at radius 3 is 2.39 bits per heavy atom. The molecule has 0 atom stereocenters. The molecular formula is C22H29N3O3. The lowest BCUT2D eigenvalue weighted by atomic mass is 9.96. The van der Waals surface area contributed by atoms with Crippen LogP contribution in [0.3, 0.4) is 0 Å². The van der Waals surface area contributed by atoms with E-state index in [9.17, 15) is 9.59 Å². The molecule has 150 valence electrons. The van der Waals surface area contributed by atoms with Crippen LogP contribution in [-0.4, -0.2) is 36.3 Å². The normalized spacial score (nSPS) is 15.4. The van der Waals surface area contributed by atoms with Gasteiger partial charge < -0.3 is 15.1 Å². The molecule has 1 aromatic heterocycles. The van der Waals surface area contributed by atoms with Crippen LogP contribution in [0.5, 0.6) is 0 Å². The molecule has 2 heterocycles. The van der Waals surface area contributed by atoms with E-state index in [2.05, 4.69) is 15.5 Å². The molecule has 0 unspecified atom stereocenters. The second-order valence-electron chi connectivity index (χ2n) is 7.74. The van der Waals surface area contributed by atoms with Crippen LogP contribution in [0.4, 0.5) is 5.69 Å². The first-order valence-electron chi connectivity index (χ1n) is 9.84. The number of hydrogen-bond acceptors (Lipinski definition) is 4. The molecule has 0 radical (unpaired) electrons. The summed E-state index contributed by atoms with van der Waals surface area (Å²) in [7, 11) is 0. The number of nitrogens with one attached hydrogen (secondary N) is 2. The van der Waals surface area contributed by atoms with Crippen molar-refractivity contribution in [2.24, 2.45) is 5.92 Å². The van der Waals surface area contributed by atoms with Gasteiger partial charge in [0, 0.05) is 12.2 Å². The number of nitrogens with zero attached hydrogens (tertiary/aromatic N) is 1. The Morgan fingerprint density at radius 1 is 1.11 bits per heavy atom. The predicted molar refractivity (Wildman–Crippen MR) is 109 cm³/mol. The van der Waals surface area contributed by atoms with E-state index in [4.69, 9.17) is 4.42 Å². The van der Waals surface area contributed by atoms with Gasteiger partial charge in [0.1, 0.15) is 5.76 Å². The number of hydrogen-bond donors (Lipinski definition) is 2. The summed E-state index contributed by atoms with van der Waals surface area (Å²) in [5.74, 6) is 0.195. The summed E-state index contributed by atoms with van der Waals surface area (Å²) in [5, 5.41) is 5.55. The standard InChI is InChI=1S/C22H29N3O3/c1-15-11-16(2)20(17(3)12-15)24-22(27)21(26)23-13-18-6-8-25(9-7-18)14-19-5-4-10-28-19/h4-5,10-12,18H,6-9,13-14H2,1-3H3,(H,23,26)(H,24,27). The summed E-state index contributed by atoms with van der Waals surface area (Å²) in [6.07, 6.45) is 3.69. The van der Waals surface area contributed by atoms with Gasteiger partial charge >= 0.3 is 11.8 Å². The number of furan rings is 1. The highest BCUT2D eigenvalue weighted by Crippen LogP contribution is 2.22. The van der Waals surface area contributed by atoms with Crippen molar-refractivity contribution >= 4 is 17.5 Å². The molecule has 1 fully saturated rings. The van der Waals surface area contributed by atoms with Crippen LogP contribution < -0.4 is 10.6 Å². The first kappa shape index (κ1) is 20.1. The van der Waals surface area contributed by atoms with Crippen LogP contribution in [0.15, 0.2) is 34.9 Å². The summed E-state index contributed by atoms with van der Waals surface area (Å²) < 4.78 is 5.40. The minimum absolute atomic E-state index is 0.396. The minimum atomic E-state index is -0.606. The highest BCUT2D eigenvalue weighted by Gasteiger charge is 2.22. The fourth-order valence-electron chi connectivity index (χ4n) is 3.84. The maximum atomic E-state index is 12.3. The van der Waals surface area contributed by atoms with Crippen LogP contribution >= 0.6 is 0 Å². The van der Waals surface area contributed by atoms with Crippen LogP contribution in [0.1, 0.15) is 35.3 Å². The van der Waals surface area contributed by atoms with Gasteiger partial charge in [-0.2, -0.15) is 0 Å². The molecule has 0 aliphatic carbocycles. The molecule has 0 saturated carbocycles. The maximum absolute atomic E-state index is 12.3. The molecular weight excluding hydrogens is 354 g/mol. The van der Waals surface area contributed by atoms with Crippen LogP contribution in [0.25, 0.3) is 0 Å². The van der Waals surface area contributed by atoms with Gasteiger partial charge in [-0.05, 0) is 75.9 Å². The Morgan fingerprint density at radius 2 is 1.79 bits per heavy atom. The molecule has 0 spiro atoms. The number of rotatable bonds is 5. The SMILES string of the molecule is Cc1cc(C)c(NC(=O)C(=O)NCC2CCN(Cc3ccco3)CC2)c(C)c1. The van der Waals surface area contributed by atoms with Gasteiger partial charge in [0.2, 0.25) is 0 Å². The van der Waals surface area contributed by atoms with Gasteiger partial charge in [-0.25, -0.2) is 0 Å². The number of carbonyl (C=O) groups is 2. The van der Waals surface area contributed by atoms with E-state index in [-0.39, 0.29) is 0 Å². The second-order valence-corrected chi connectivity index (χ2v) is 7.74. The van der Waals surface area contributed by atoms with Crippen molar-refractivity contribution in [2.45, 2.75) is 40.2 Å². The molecule has 1 saturated heterocycles. The van der Waals surface area contributed by atoms with Crippen LogP contribution in [0.2, 0.25) is 0 Å². The first-order valence-corrected chi connectivity index (χ1v) is 9.84. The second kappa shape index (κ2) is 9.06. The lowest BCUT2D eigenvalue weighted by molar-refractivity contribution is -0.136. The average molecular weight is 383 g/mol. The summed E-state index contributed by atoms with van der Waals surface area (Å²) in [4.78, 5) is 26.8. The Kier molecular flexibility index (Phi) is 6.52. The van der Waals surface area contributed by atoms with E-state index in [1.54, 1.807) is 6.26 Å². The van der Waals surface area contributed by atoms with Gasteiger partial charge in [0.15, 0.2) is 0 Å². The number of anilines is 1. The van der Waals surface area contributed by atoms with Crippen molar-refractivity contribution in [3.05, 3.63) is 53.0 Å². The van der Waals surface area contributed by atoms with Crippen molar-refractivity contribution in [1.29, 1.82) is 0 Å². The van der Waals surface area contributed by atoms with E-state index in [0.29, 0.717) is 12.5 Å². The monoisotopic (exact) mass is 383 g/mol. The van der Waals surface area contributed by atoms with E-state index in [0.717, 1.165) is 60.6 Å². The third kappa shape index (κ3) is 5.23. The third-order valence-electron chi connectivity index (χ3n) is 5.34. The smallest absolute Gasteiger partial charge is 0.313 e. The zero-order valence-electron chi connectivity index (χ0n) is 16.9. The van der Waals surface area contributed by atoms with Gasteiger partial charge in [-0.1, -0.05) is 17.7 Å². The van der Waals surface area contributed by atoms with Crippen molar-refractivity contribution in [2.75, 3.05) is 25.0 Å². The highest BCUT2D eigenvalue weighted by atomic mass is 16.3. The average Bonchev–Trinajstić information content (AvgIpc) is 3.16. The number of piperidine rings is 1. The lowest BCUT2D eigenvalue weighted by Crippen LogP contribution is -2.41. The predicted octanol–water partition coefficient (Wildman–Crippen LogP) is 3.17. The quantitative estimate of drug-likeness (QED) is 0.778. The third-order valence-corrected chi connectivity index (χ3v) is 5.34. The van der Waals surface area contributed by atoms with E-state index in [1.807, 2.05) is 45.0 Å². The summed E-state index contributed by atoms with van der Waals surface area (Å²) >= 11 is 0. The van der Waals surface area contributed by atoms with Crippen LogP contribution in [-0.2, 0) is 16.1 Å². The van der Waals surface area contributed by atoms with E-state index in [1.165, 1.54) is 0 Å². The number of benzene rings is 1. The van der Waals surface area contributed by atoms with Crippen molar-refractivity contribution in [3.8, 4) is 0 Å². The Labute approximate surface area is 166 Å². The van der Waals surface area contributed by atoms with Gasteiger partial charge in [-0.3, -0.25) is 14.5 Å². The van der Waals surface area contributed by atoms with E-state index < -0.39 is 11.8 Å². The van der Waals surface area contributed by atoms with Gasteiger partial charge in [0.05, 0.1) is 12.8 Å². The van der Waals surface area contributed by atoms with Crippen molar-refractivity contribution < 1.29 is 14.0 Å². The number of aryl methyl sites for hydroxylation is 3. The van der Waals surface area contributed by atoms with Crippen molar-refractivity contribution in [3.63, 3.8) is 0 Å². The molecule has 2 amide bonds. The Balaban J connectivity index is 1.42.